The van der Waals surface area contributed by atoms with Crippen LogP contribution < -0.4 is 0 Å². The second-order valence-electron chi connectivity index (χ2n) is 9.32. The molecule has 1 amide bonds. The lowest BCUT2D eigenvalue weighted by Gasteiger charge is -2.35. The van der Waals surface area contributed by atoms with E-state index in [0.29, 0.717) is 13.1 Å². The van der Waals surface area contributed by atoms with Crippen molar-refractivity contribution in [2.24, 2.45) is 0 Å². The summed E-state index contributed by atoms with van der Waals surface area (Å²) >= 11 is 0. The topological polar surface area (TPSA) is 74.8 Å². The highest BCUT2D eigenvalue weighted by Gasteiger charge is 2.28. The molecule has 0 saturated carbocycles. The zero-order valence-corrected chi connectivity index (χ0v) is 21.4. The summed E-state index contributed by atoms with van der Waals surface area (Å²) < 4.78 is 26.3. The van der Waals surface area contributed by atoms with E-state index < -0.39 is 9.84 Å². The number of amides is 1. The van der Waals surface area contributed by atoms with Crippen molar-refractivity contribution >= 4 is 21.5 Å². The maximum atomic E-state index is 13.3. The third-order valence-corrected chi connectivity index (χ3v) is 8.30. The van der Waals surface area contributed by atoms with E-state index in [1.54, 1.807) is 23.1 Å². The average molecular weight is 505 g/mol. The van der Waals surface area contributed by atoms with Gasteiger partial charge in [0.25, 0.3) is 5.91 Å². The van der Waals surface area contributed by atoms with Crippen molar-refractivity contribution in [2.75, 3.05) is 31.9 Å². The summed E-state index contributed by atoms with van der Waals surface area (Å²) in [7, 11) is -3.80. The van der Waals surface area contributed by atoms with Gasteiger partial charge in [0.15, 0.2) is 9.84 Å². The molecule has 1 saturated heterocycles. The molecule has 0 aromatic heterocycles. The fourth-order valence-corrected chi connectivity index (χ4v) is 5.91. The molecule has 1 aliphatic rings. The van der Waals surface area contributed by atoms with E-state index in [2.05, 4.69) is 17.0 Å². The lowest BCUT2D eigenvalue weighted by molar-refractivity contribution is -0.118. The number of sulfone groups is 1. The van der Waals surface area contributed by atoms with Crippen LogP contribution in [0, 0.1) is 6.92 Å². The van der Waals surface area contributed by atoms with Crippen molar-refractivity contribution in [3.8, 4) is 0 Å². The van der Waals surface area contributed by atoms with E-state index in [4.69, 9.17) is 0 Å². The van der Waals surface area contributed by atoms with Crippen molar-refractivity contribution in [3.63, 3.8) is 0 Å². The summed E-state index contributed by atoms with van der Waals surface area (Å²) in [5.41, 5.74) is 3.38. The van der Waals surface area contributed by atoms with Crippen molar-refractivity contribution in [3.05, 3.63) is 101 Å². The molecule has 1 aliphatic heterocycles. The van der Waals surface area contributed by atoms with Gasteiger partial charge in [-0.3, -0.25) is 14.5 Å². The number of carbonyl (C=O) groups excluding carboxylic acids is 2. The molecule has 0 bridgehead atoms. The van der Waals surface area contributed by atoms with Gasteiger partial charge in [-0.05, 0) is 30.2 Å². The van der Waals surface area contributed by atoms with Crippen LogP contribution in [0.4, 0.5) is 0 Å². The van der Waals surface area contributed by atoms with Gasteiger partial charge >= 0.3 is 0 Å². The minimum atomic E-state index is -3.80. The predicted molar refractivity (Wildman–Crippen MR) is 141 cm³/mol. The molecule has 0 unspecified atom stereocenters. The Balaban J connectivity index is 1.37. The Morgan fingerprint density at radius 2 is 1.42 bits per heavy atom. The normalized spacial score (nSPS) is 14.5. The van der Waals surface area contributed by atoms with E-state index >= 15 is 0 Å². The van der Waals surface area contributed by atoms with E-state index in [-0.39, 0.29) is 40.7 Å². The number of hydrogen-bond donors (Lipinski definition) is 0. The lowest BCUT2D eigenvalue weighted by Crippen LogP contribution is -2.48. The molecule has 1 fully saturated rings. The smallest absolute Gasteiger partial charge is 0.255 e. The van der Waals surface area contributed by atoms with Crippen molar-refractivity contribution in [1.29, 1.82) is 0 Å². The van der Waals surface area contributed by atoms with Crippen LogP contribution in [-0.2, 0) is 27.6 Å². The van der Waals surface area contributed by atoms with Gasteiger partial charge in [-0.2, -0.15) is 0 Å². The summed E-state index contributed by atoms with van der Waals surface area (Å²) in [5, 5.41) is 0. The maximum Gasteiger partial charge on any atom is 0.255 e. The Kier molecular flexibility index (Phi) is 8.33. The Hall–Kier alpha value is -3.29. The summed E-state index contributed by atoms with van der Waals surface area (Å²) in [6, 6.07) is 24.2. The molecule has 0 spiro atoms. The van der Waals surface area contributed by atoms with Crippen molar-refractivity contribution in [1.82, 2.24) is 9.80 Å². The predicted octanol–water partition coefficient (Wildman–Crippen LogP) is 3.93. The molecular formula is C29H32N2O4S. The minimum absolute atomic E-state index is 0.00449. The Bertz CT molecular complexity index is 1300. The third kappa shape index (κ3) is 6.68. The lowest BCUT2D eigenvalue weighted by atomic mass is 10.1. The Labute approximate surface area is 213 Å². The van der Waals surface area contributed by atoms with E-state index in [9.17, 15) is 18.0 Å². The van der Waals surface area contributed by atoms with Crippen LogP contribution in [0.15, 0.2) is 83.8 Å². The molecule has 188 valence electrons. The van der Waals surface area contributed by atoms with Crippen LogP contribution in [0.2, 0.25) is 0 Å². The van der Waals surface area contributed by atoms with Gasteiger partial charge in [0.05, 0.1) is 16.2 Å². The number of nitrogens with zero attached hydrogens (tertiary/aromatic N) is 2. The second kappa shape index (κ2) is 11.6. The van der Waals surface area contributed by atoms with Crippen LogP contribution in [0.3, 0.4) is 0 Å². The molecule has 3 aromatic rings. The molecule has 0 atom stereocenters. The van der Waals surface area contributed by atoms with E-state index in [1.807, 2.05) is 49.4 Å². The van der Waals surface area contributed by atoms with Crippen molar-refractivity contribution < 1.29 is 18.0 Å². The molecule has 6 nitrogen and oxygen atoms in total. The minimum Gasteiger partial charge on any atom is -0.336 e. The number of carbonyl (C=O) groups is 2. The van der Waals surface area contributed by atoms with Gasteiger partial charge in [0, 0.05) is 45.6 Å². The summed E-state index contributed by atoms with van der Waals surface area (Å²) in [5.74, 6) is -0.729. The highest BCUT2D eigenvalue weighted by Crippen LogP contribution is 2.21. The Morgan fingerprint density at radius 1 is 0.778 bits per heavy atom. The highest BCUT2D eigenvalue weighted by atomic mass is 32.2. The average Bonchev–Trinajstić information content (AvgIpc) is 2.89. The first kappa shape index (κ1) is 25.8. The van der Waals surface area contributed by atoms with Crippen LogP contribution in [0.1, 0.15) is 33.5 Å². The molecule has 0 N–H and O–H groups in total. The van der Waals surface area contributed by atoms with Gasteiger partial charge in [-0.25, -0.2) is 8.42 Å². The number of Topliss-reactive ketones (excluding diaryl/α,β-unsaturated/α-hetero) is 1. The molecule has 36 heavy (non-hydrogen) atoms. The fourth-order valence-electron chi connectivity index (χ4n) is 4.42. The maximum absolute atomic E-state index is 13.3. The number of benzene rings is 3. The summed E-state index contributed by atoms with van der Waals surface area (Å²) in [6.45, 7) is 5.32. The summed E-state index contributed by atoms with van der Waals surface area (Å²) in [4.78, 5) is 29.8. The zero-order valence-electron chi connectivity index (χ0n) is 20.6. The molecule has 4 rings (SSSR count). The van der Waals surface area contributed by atoms with Gasteiger partial charge in [-0.15, -0.1) is 0 Å². The number of aryl methyl sites for hydroxylation is 1. The Morgan fingerprint density at radius 3 is 2.11 bits per heavy atom. The van der Waals surface area contributed by atoms with Crippen LogP contribution in [0.5, 0.6) is 0 Å². The summed E-state index contributed by atoms with van der Waals surface area (Å²) in [6.07, 6.45) is 0.112. The number of rotatable bonds is 9. The number of piperazine rings is 1. The van der Waals surface area contributed by atoms with Gasteiger partial charge in [0.2, 0.25) is 0 Å². The molecule has 3 aromatic carbocycles. The second-order valence-corrected chi connectivity index (χ2v) is 11.4. The van der Waals surface area contributed by atoms with E-state index in [1.165, 1.54) is 11.6 Å². The molecule has 1 heterocycles. The first-order chi connectivity index (χ1) is 17.3. The first-order valence-corrected chi connectivity index (χ1v) is 13.9. The van der Waals surface area contributed by atoms with E-state index in [0.717, 1.165) is 30.8 Å². The monoisotopic (exact) mass is 504 g/mol. The fraction of sp³-hybridized carbons (Fsp3) is 0.310. The molecule has 7 heteroatoms. The highest BCUT2D eigenvalue weighted by molar-refractivity contribution is 7.91. The number of hydrogen-bond acceptors (Lipinski definition) is 5. The van der Waals surface area contributed by atoms with Crippen molar-refractivity contribution in [2.45, 2.75) is 31.2 Å². The number of ketones is 1. The third-order valence-electron chi connectivity index (χ3n) is 6.53. The molecular weight excluding hydrogens is 472 g/mol. The largest absolute Gasteiger partial charge is 0.336 e. The molecule has 0 aliphatic carbocycles. The standard InChI is InChI=1S/C29H32N2O4S/c1-23-11-13-24(14-12-23)21-26(32)15-20-36(34,35)28-10-6-5-9-27(28)29(33)31-18-16-30(17-19-31)22-25-7-3-2-4-8-25/h2-14H,15-22H2,1H3. The van der Waals surface area contributed by atoms with Crippen LogP contribution >= 0.6 is 0 Å². The first-order valence-electron chi connectivity index (χ1n) is 12.3. The molecule has 0 radical (unpaired) electrons. The zero-order chi connectivity index (χ0) is 25.5. The van der Waals surface area contributed by atoms with Gasteiger partial charge in [0.1, 0.15) is 5.78 Å². The SMILES string of the molecule is Cc1ccc(CC(=O)CCS(=O)(=O)c2ccccc2C(=O)N2CCN(Cc3ccccc3)CC2)cc1. The van der Waals surface area contributed by atoms with Crippen LogP contribution in [-0.4, -0.2) is 61.8 Å². The quantitative estimate of drug-likeness (QED) is 0.442. The van der Waals surface area contributed by atoms with Gasteiger partial charge < -0.3 is 4.90 Å². The van der Waals surface area contributed by atoms with Crippen LogP contribution in [0.25, 0.3) is 0 Å². The van der Waals surface area contributed by atoms with Gasteiger partial charge in [-0.1, -0.05) is 72.3 Å².